The Balaban J connectivity index is 2.70. The van der Waals surface area contributed by atoms with Gasteiger partial charge in [0.25, 0.3) is 0 Å². The summed E-state index contributed by atoms with van der Waals surface area (Å²) in [6, 6.07) is 3.50. The van der Waals surface area contributed by atoms with E-state index in [0.29, 0.717) is 12.1 Å². The van der Waals surface area contributed by atoms with Gasteiger partial charge in [0.1, 0.15) is 5.82 Å². The molecular formula is C15H22ClFN2O2. The highest BCUT2D eigenvalue weighted by atomic mass is 35.5. The zero-order valence-electron chi connectivity index (χ0n) is 12.4. The first-order valence-electron chi connectivity index (χ1n) is 7.10. The molecule has 1 aromatic carbocycles. The number of halogens is 2. The van der Waals surface area contributed by atoms with Gasteiger partial charge in [0.15, 0.2) is 0 Å². The van der Waals surface area contributed by atoms with Gasteiger partial charge in [0.2, 0.25) is 0 Å². The van der Waals surface area contributed by atoms with E-state index in [0.717, 1.165) is 12.8 Å². The lowest BCUT2D eigenvalue weighted by Gasteiger charge is -2.25. The average molecular weight is 317 g/mol. The minimum absolute atomic E-state index is 0.0805. The van der Waals surface area contributed by atoms with E-state index in [2.05, 4.69) is 5.32 Å². The normalized spacial score (nSPS) is 12.0. The number of rotatable bonds is 7. The highest BCUT2D eigenvalue weighted by Gasteiger charge is 2.17. The Kier molecular flexibility index (Phi) is 7.47. The Bertz CT molecular complexity index is 471. The van der Waals surface area contributed by atoms with Gasteiger partial charge in [-0.25, -0.2) is 9.18 Å². The molecule has 0 aliphatic heterocycles. The first-order chi connectivity index (χ1) is 9.99. The molecule has 1 aromatic rings. The summed E-state index contributed by atoms with van der Waals surface area (Å²) in [5.41, 5.74) is 0.658. The standard InChI is InChI=1S/C15H22ClFN2O2/c1-3-4-7-19(8-9-20)15(21)18-11(2)13-6-5-12(17)10-14(13)16/h5-6,10-11,20H,3-4,7-9H2,1-2H3,(H,18,21). The van der Waals surface area contributed by atoms with Crippen molar-refractivity contribution in [3.05, 3.63) is 34.6 Å². The summed E-state index contributed by atoms with van der Waals surface area (Å²) in [6.45, 7) is 4.62. The number of unbranched alkanes of at least 4 members (excludes halogenated alkanes) is 1. The average Bonchev–Trinajstić information content (AvgIpc) is 2.43. The van der Waals surface area contributed by atoms with Crippen LogP contribution in [0.1, 0.15) is 38.3 Å². The molecule has 0 heterocycles. The van der Waals surface area contributed by atoms with Gasteiger partial charge in [-0.1, -0.05) is 31.0 Å². The molecule has 2 amide bonds. The number of amides is 2. The molecule has 1 rings (SSSR count). The van der Waals surface area contributed by atoms with Crippen LogP contribution in [0.5, 0.6) is 0 Å². The van der Waals surface area contributed by atoms with E-state index in [9.17, 15) is 9.18 Å². The van der Waals surface area contributed by atoms with Crippen LogP contribution in [0.25, 0.3) is 0 Å². The van der Waals surface area contributed by atoms with Crippen LogP contribution in [-0.2, 0) is 0 Å². The predicted molar refractivity (Wildman–Crippen MR) is 81.9 cm³/mol. The van der Waals surface area contributed by atoms with Crippen molar-refractivity contribution in [1.29, 1.82) is 0 Å². The van der Waals surface area contributed by atoms with E-state index in [1.807, 2.05) is 6.92 Å². The smallest absolute Gasteiger partial charge is 0.317 e. The summed E-state index contributed by atoms with van der Waals surface area (Å²) in [4.78, 5) is 13.8. The number of hydrogen-bond acceptors (Lipinski definition) is 2. The zero-order chi connectivity index (χ0) is 15.8. The lowest BCUT2D eigenvalue weighted by Crippen LogP contribution is -2.43. The molecule has 2 N–H and O–H groups in total. The molecule has 6 heteroatoms. The summed E-state index contributed by atoms with van der Waals surface area (Å²) in [5, 5.41) is 12.1. The molecule has 0 fully saturated rings. The number of carbonyl (C=O) groups excluding carboxylic acids is 1. The highest BCUT2D eigenvalue weighted by Crippen LogP contribution is 2.23. The largest absolute Gasteiger partial charge is 0.395 e. The Morgan fingerprint density at radius 2 is 2.19 bits per heavy atom. The van der Waals surface area contributed by atoms with Crippen LogP contribution in [0.2, 0.25) is 5.02 Å². The van der Waals surface area contributed by atoms with Crippen molar-refractivity contribution in [3.8, 4) is 0 Å². The third-order valence-corrected chi connectivity index (χ3v) is 3.54. The van der Waals surface area contributed by atoms with Crippen molar-refractivity contribution in [2.75, 3.05) is 19.7 Å². The summed E-state index contributed by atoms with van der Waals surface area (Å²) in [6.07, 6.45) is 1.84. The fourth-order valence-electron chi connectivity index (χ4n) is 1.99. The summed E-state index contributed by atoms with van der Waals surface area (Å²) >= 11 is 5.99. The second-order valence-electron chi connectivity index (χ2n) is 4.90. The van der Waals surface area contributed by atoms with Gasteiger partial charge < -0.3 is 15.3 Å². The number of carbonyl (C=O) groups is 1. The van der Waals surface area contributed by atoms with Crippen molar-refractivity contribution in [3.63, 3.8) is 0 Å². The number of aliphatic hydroxyl groups excluding tert-OH is 1. The molecule has 0 aliphatic carbocycles. The van der Waals surface area contributed by atoms with Crippen LogP contribution in [0.4, 0.5) is 9.18 Å². The van der Waals surface area contributed by atoms with E-state index in [-0.39, 0.29) is 30.2 Å². The molecule has 21 heavy (non-hydrogen) atoms. The van der Waals surface area contributed by atoms with Gasteiger partial charge >= 0.3 is 6.03 Å². The molecule has 0 radical (unpaired) electrons. The van der Waals surface area contributed by atoms with Gasteiger partial charge in [-0.2, -0.15) is 0 Å². The van der Waals surface area contributed by atoms with E-state index in [4.69, 9.17) is 16.7 Å². The van der Waals surface area contributed by atoms with Crippen molar-refractivity contribution in [2.24, 2.45) is 0 Å². The van der Waals surface area contributed by atoms with E-state index in [1.54, 1.807) is 17.9 Å². The lowest BCUT2D eigenvalue weighted by atomic mass is 10.1. The second kappa shape index (κ2) is 8.85. The van der Waals surface area contributed by atoms with Crippen LogP contribution < -0.4 is 5.32 Å². The minimum atomic E-state index is -0.410. The SMILES string of the molecule is CCCCN(CCO)C(=O)NC(C)c1ccc(F)cc1Cl. The maximum atomic E-state index is 13.0. The quantitative estimate of drug-likeness (QED) is 0.810. The number of nitrogens with zero attached hydrogens (tertiary/aromatic N) is 1. The summed E-state index contributed by atoms with van der Waals surface area (Å²) in [5.74, 6) is -0.410. The lowest BCUT2D eigenvalue weighted by molar-refractivity contribution is 0.173. The maximum Gasteiger partial charge on any atom is 0.317 e. The topological polar surface area (TPSA) is 52.6 Å². The Hall–Kier alpha value is -1.33. The Labute approximate surface area is 129 Å². The fraction of sp³-hybridized carbons (Fsp3) is 0.533. The molecule has 0 aliphatic rings. The molecule has 4 nitrogen and oxygen atoms in total. The van der Waals surface area contributed by atoms with Gasteiger partial charge in [0, 0.05) is 18.1 Å². The molecule has 0 aromatic heterocycles. The molecular weight excluding hydrogens is 295 g/mol. The first kappa shape index (κ1) is 17.7. The predicted octanol–water partition coefficient (Wildman–Crippen LogP) is 3.34. The zero-order valence-corrected chi connectivity index (χ0v) is 13.2. The Morgan fingerprint density at radius 3 is 2.76 bits per heavy atom. The molecule has 0 saturated carbocycles. The van der Waals surface area contributed by atoms with Crippen molar-refractivity contribution in [2.45, 2.75) is 32.7 Å². The van der Waals surface area contributed by atoms with Gasteiger partial charge in [-0.15, -0.1) is 0 Å². The van der Waals surface area contributed by atoms with Crippen LogP contribution in [-0.4, -0.2) is 35.7 Å². The Morgan fingerprint density at radius 1 is 1.48 bits per heavy atom. The van der Waals surface area contributed by atoms with Crippen LogP contribution in [0.15, 0.2) is 18.2 Å². The molecule has 0 saturated heterocycles. The molecule has 0 bridgehead atoms. The third kappa shape index (κ3) is 5.52. The third-order valence-electron chi connectivity index (χ3n) is 3.21. The van der Waals surface area contributed by atoms with Crippen LogP contribution in [0.3, 0.4) is 0 Å². The second-order valence-corrected chi connectivity index (χ2v) is 5.31. The van der Waals surface area contributed by atoms with Crippen LogP contribution in [0, 0.1) is 5.82 Å². The summed E-state index contributed by atoms with van der Waals surface area (Å²) in [7, 11) is 0. The van der Waals surface area contributed by atoms with Crippen molar-refractivity contribution < 1.29 is 14.3 Å². The first-order valence-corrected chi connectivity index (χ1v) is 7.48. The van der Waals surface area contributed by atoms with Gasteiger partial charge in [-0.3, -0.25) is 0 Å². The number of aliphatic hydroxyl groups is 1. The number of hydrogen-bond donors (Lipinski definition) is 2. The van der Waals surface area contributed by atoms with Crippen molar-refractivity contribution in [1.82, 2.24) is 10.2 Å². The van der Waals surface area contributed by atoms with Crippen LogP contribution >= 0.6 is 11.6 Å². The number of nitrogens with one attached hydrogen (secondary N) is 1. The number of benzene rings is 1. The molecule has 1 atom stereocenters. The highest BCUT2D eigenvalue weighted by molar-refractivity contribution is 6.31. The maximum absolute atomic E-state index is 13.0. The van der Waals surface area contributed by atoms with Gasteiger partial charge in [-0.05, 0) is 31.0 Å². The summed E-state index contributed by atoms with van der Waals surface area (Å²) < 4.78 is 13.0. The monoisotopic (exact) mass is 316 g/mol. The van der Waals surface area contributed by atoms with Gasteiger partial charge in [0.05, 0.1) is 12.6 Å². The van der Waals surface area contributed by atoms with Crippen molar-refractivity contribution >= 4 is 17.6 Å². The van der Waals surface area contributed by atoms with E-state index >= 15 is 0 Å². The number of urea groups is 1. The van der Waals surface area contributed by atoms with E-state index < -0.39 is 5.82 Å². The molecule has 0 spiro atoms. The fourth-order valence-corrected chi connectivity index (χ4v) is 2.32. The molecule has 1 unspecified atom stereocenters. The minimum Gasteiger partial charge on any atom is -0.395 e. The van der Waals surface area contributed by atoms with E-state index in [1.165, 1.54) is 12.1 Å². The molecule has 118 valence electrons.